The Bertz CT molecular complexity index is 323. The molecule has 0 aliphatic carbocycles. The zero-order chi connectivity index (χ0) is 11.4. The van der Waals surface area contributed by atoms with E-state index in [1.165, 1.54) is 6.07 Å². The van der Waals surface area contributed by atoms with Crippen molar-refractivity contribution in [1.29, 1.82) is 0 Å². The van der Waals surface area contributed by atoms with Gasteiger partial charge in [0.15, 0.2) is 0 Å². The van der Waals surface area contributed by atoms with E-state index in [1.807, 2.05) is 0 Å². The number of aryl methyl sites for hydroxylation is 1. The van der Waals surface area contributed by atoms with Gasteiger partial charge in [-0.3, -0.25) is 0 Å². The van der Waals surface area contributed by atoms with Gasteiger partial charge in [-0.2, -0.15) is 0 Å². The number of halogens is 3. The Balaban J connectivity index is 2.55. The standard InChI is InChI=1S/C12H15Cl2F/c1-8(2)10(13)5-3-9-4-6-12(15)11(14)7-9/h4,6-8,10H,3,5H2,1-2H3. The van der Waals surface area contributed by atoms with Gasteiger partial charge in [0.25, 0.3) is 0 Å². The highest BCUT2D eigenvalue weighted by atomic mass is 35.5. The van der Waals surface area contributed by atoms with Crippen molar-refractivity contribution in [2.24, 2.45) is 5.92 Å². The fourth-order valence-corrected chi connectivity index (χ4v) is 1.65. The molecule has 3 heteroatoms. The largest absolute Gasteiger partial charge is 0.205 e. The Morgan fingerprint density at radius 1 is 1.33 bits per heavy atom. The van der Waals surface area contributed by atoms with Crippen LogP contribution in [0.3, 0.4) is 0 Å². The lowest BCUT2D eigenvalue weighted by Gasteiger charge is -2.12. The van der Waals surface area contributed by atoms with Crippen LogP contribution < -0.4 is 0 Å². The van der Waals surface area contributed by atoms with Crippen LogP contribution in [0.5, 0.6) is 0 Å². The van der Waals surface area contributed by atoms with Crippen molar-refractivity contribution in [3.63, 3.8) is 0 Å². The van der Waals surface area contributed by atoms with Crippen molar-refractivity contribution in [3.05, 3.63) is 34.6 Å². The first kappa shape index (κ1) is 12.8. The minimum atomic E-state index is -0.369. The third-order valence-electron chi connectivity index (χ3n) is 2.42. The van der Waals surface area contributed by atoms with Gasteiger partial charge in [0.2, 0.25) is 0 Å². The number of hydrogen-bond donors (Lipinski definition) is 0. The zero-order valence-corrected chi connectivity index (χ0v) is 10.4. The van der Waals surface area contributed by atoms with Crippen LogP contribution >= 0.6 is 23.2 Å². The van der Waals surface area contributed by atoms with Crippen LogP contribution in [0.1, 0.15) is 25.8 Å². The van der Waals surface area contributed by atoms with E-state index in [-0.39, 0.29) is 16.2 Å². The maximum atomic E-state index is 12.9. The second-order valence-corrected chi connectivity index (χ2v) is 5.01. The highest BCUT2D eigenvalue weighted by Gasteiger charge is 2.10. The van der Waals surface area contributed by atoms with Crippen molar-refractivity contribution >= 4 is 23.2 Å². The Hall–Kier alpha value is -0.270. The number of hydrogen-bond acceptors (Lipinski definition) is 0. The van der Waals surface area contributed by atoms with Gasteiger partial charge in [-0.1, -0.05) is 31.5 Å². The second kappa shape index (κ2) is 5.72. The van der Waals surface area contributed by atoms with Crippen LogP contribution in [0.4, 0.5) is 4.39 Å². The Kier molecular flexibility index (Phi) is 4.88. The number of rotatable bonds is 4. The molecular weight excluding hydrogens is 234 g/mol. The molecule has 0 saturated heterocycles. The molecular formula is C12H15Cl2F. The molecule has 1 atom stereocenters. The average Bonchev–Trinajstić information content (AvgIpc) is 2.19. The summed E-state index contributed by atoms with van der Waals surface area (Å²) in [5, 5.41) is 0.344. The summed E-state index contributed by atoms with van der Waals surface area (Å²) in [6.07, 6.45) is 1.73. The van der Waals surface area contributed by atoms with Crippen LogP contribution in [-0.4, -0.2) is 5.38 Å². The Morgan fingerprint density at radius 3 is 2.53 bits per heavy atom. The summed E-state index contributed by atoms with van der Waals surface area (Å²) in [6.45, 7) is 4.19. The minimum Gasteiger partial charge on any atom is -0.205 e. The first-order chi connectivity index (χ1) is 7.00. The molecule has 0 spiro atoms. The van der Waals surface area contributed by atoms with Crippen molar-refractivity contribution in [2.75, 3.05) is 0 Å². The van der Waals surface area contributed by atoms with Crippen LogP contribution in [0.2, 0.25) is 5.02 Å². The molecule has 0 aliphatic rings. The van der Waals surface area contributed by atoms with E-state index in [9.17, 15) is 4.39 Å². The summed E-state index contributed by atoms with van der Waals surface area (Å²) < 4.78 is 12.9. The van der Waals surface area contributed by atoms with Crippen LogP contribution in [0, 0.1) is 11.7 Å². The van der Waals surface area contributed by atoms with Crippen LogP contribution in [0.25, 0.3) is 0 Å². The smallest absolute Gasteiger partial charge is 0.141 e. The van der Waals surface area contributed by atoms with Crippen molar-refractivity contribution in [2.45, 2.75) is 32.1 Å². The molecule has 0 bridgehead atoms. The molecule has 0 amide bonds. The van der Waals surface area contributed by atoms with E-state index in [0.717, 1.165) is 18.4 Å². The lowest BCUT2D eigenvalue weighted by Crippen LogP contribution is -2.08. The number of alkyl halides is 1. The highest BCUT2D eigenvalue weighted by molar-refractivity contribution is 6.30. The molecule has 0 aliphatic heterocycles. The number of benzene rings is 1. The van der Waals surface area contributed by atoms with Gasteiger partial charge >= 0.3 is 0 Å². The predicted molar refractivity (Wildman–Crippen MR) is 64.2 cm³/mol. The normalized spacial score (nSPS) is 13.2. The van der Waals surface area contributed by atoms with E-state index in [2.05, 4.69) is 13.8 Å². The van der Waals surface area contributed by atoms with Crippen LogP contribution in [0.15, 0.2) is 18.2 Å². The molecule has 0 nitrogen and oxygen atoms in total. The van der Waals surface area contributed by atoms with E-state index < -0.39 is 0 Å². The van der Waals surface area contributed by atoms with Gasteiger partial charge in [0.05, 0.1) is 5.02 Å². The first-order valence-electron chi connectivity index (χ1n) is 5.08. The molecule has 0 aromatic heterocycles. The maximum absolute atomic E-state index is 12.9. The summed E-state index contributed by atoms with van der Waals surface area (Å²) >= 11 is 11.8. The monoisotopic (exact) mass is 248 g/mol. The fourth-order valence-electron chi connectivity index (χ4n) is 1.33. The SMILES string of the molecule is CC(C)C(Cl)CCc1ccc(F)c(Cl)c1. The molecule has 0 saturated carbocycles. The van der Waals surface area contributed by atoms with E-state index in [4.69, 9.17) is 23.2 Å². The van der Waals surface area contributed by atoms with Gasteiger partial charge in [-0.15, -0.1) is 11.6 Å². The third kappa shape index (κ3) is 4.00. The van der Waals surface area contributed by atoms with Crippen molar-refractivity contribution in [3.8, 4) is 0 Å². The summed E-state index contributed by atoms with van der Waals surface area (Å²) in [5.74, 6) is 0.0919. The maximum Gasteiger partial charge on any atom is 0.141 e. The van der Waals surface area contributed by atoms with Gasteiger partial charge < -0.3 is 0 Å². The van der Waals surface area contributed by atoms with Crippen LogP contribution in [-0.2, 0) is 6.42 Å². The third-order valence-corrected chi connectivity index (χ3v) is 3.43. The van der Waals surface area contributed by atoms with E-state index in [0.29, 0.717) is 5.92 Å². The van der Waals surface area contributed by atoms with Gasteiger partial charge in [0.1, 0.15) is 5.82 Å². The molecule has 0 N–H and O–H groups in total. The predicted octanol–water partition coefficient (Wildman–Crippen LogP) is 4.68. The highest BCUT2D eigenvalue weighted by Crippen LogP contribution is 2.20. The van der Waals surface area contributed by atoms with Crippen molar-refractivity contribution < 1.29 is 4.39 Å². The molecule has 84 valence electrons. The topological polar surface area (TPSA) is 0 Å². The van der Waals surface area contributed by atoms with Gasteiger partial charge in [-0.05, 0) is 36.5 Å². The Morgan fingerprint density at radius 2 is 2.00 bits per heavy atom. The summed E-state index contributed by atoms with van der Waals surface area (Å²) in [6, 6.07) is 4.82. The van der Waals surface area contributed by atoms with E-state index >= 15 is 0 Å². The molecule has 0 fully saturated rings. The van der Waals surface area contributed by atoms with Gasteiger partial charge in [0, 0.05) is 5.38 Å². The summed E-state index contributed by atoms with van der Waals surface area (Å²) in [5.41, 5.74) is 1.03. The second-order valence-electron chi connectivity index (χ2n) is 4.05. The lowest BCUT2D eigenvalue weighted by molar-refractivity contribution is 0.564. The minimum absolute atomic E-state index is 0.161. The molecule has 1 aromatic rings. The summed E-state index contributed by atoms with van der Waals surface area (Å²) in [4.78, 5) is 0. The Labute approximate surface area is 100 Å². The summed E-state index contributed by atoms with van der Waals surface area (Å²) in [7, 11) is 0. The first-order valence-corrected chi connectivity index (χ1v) is 5.90. The average molecular weight is 249 g/mol. The molecule has 0 heterocycles. The van der Waals surface area contributed by atoms with Gasteiger partial charge in [-0.25, -0.2) is 4.39 Å². The fraction of sp³-hybridized carbons (Fsp3) is 0.500. The van der Waals surface area contributed by atoms with Crippen molar-refractivity contribution in [1.82, 2.24) is 0 Å². The molecule has 15 heavy (non-hydrogen) atoms. The molecule has 0 radical (unpaired) electrons. The molecule has 1 rings (SSSR count). The van der Waals surface area contributed by atoms with E-state index in [1.54, 1.807) is 12.1 Å². The molecule has 1 unspecified atom stereocenters. The lowest BCUT2D eigenvalue weighted by atomic mass is 10.0. The zero-order valence-electron chi connectivity index (χ0n) is 8.93. The molecule has 1 aromatic carbocycles. The quantitative estimate of drug-likeness (QED) is 0.680.